The van der Waals surface area contributed by atoms with Gasteiger partial charge < -0.3 is 10.2 Å². The molecule has 3 aromatic carbocycles. The van der Waals surface area contributed by atoms with Gasteiger partial charge in [0.2, 0.25) is 0 Å². The van der Waals surface area contributed by atoms with Crippen LogP contribution in [0, 0.1) is 0 Å². The van der Waals surface area contributed by atoms with Crippen LogP contribution < -0.4 is 0 Å². The van der Waals surface area contributed by atoms with Crippen molar-refractivity contribution in [3.8, 4) is 11.5 Å². The largest absolute Gasteiger partial charge is 0.507 e. The fourth-order valence-corrected chi connectivity index (χ4v) is 3.50. The van der Waals surface area contributed by atoms with Gasteiger partial charge >= 0.3 is 0 Å². The molecular weight excluding hydrogens is 400 g/mol. The third-order valence-corrected chi connectivity index (χ3v) is 5.63. The Labute approximate surface area is 189 Å². The summed E-state index contributed by atoms with van der Waals surface area (Å²) in [5.74, 6) is -1.57. The summed E-state index contributed by atoms with van der Waals surface area (Å²) in [6.45, 7) is 12.5. The number of rotatable bonds is 4. The van der Waals surface area contributed by atoms with Crippen molar-refractivity contribution in [3.05, 3.63) is 94.0 Å². The van der Waals surface area contributed by atoms with Crippen molar-refractivity contribution in [2.24, 2.45) is 0 Å². The lowest BCUT2D eigenvalue weighted by Gasteiger charge is -2.19. The van der Waals surface area contributed by atoms with Crippen LogP contribution >= 0.6 is 0 Å². The molecule has 0 aliphatic rings. The van der Waals surface area contributed by atoms with Crippen molar-refractivity contribution in [3.63, 3.8) is 0 Å². The molecular formula is C28H30O4. The lowest BCUT2D eigenvalue weighted by atomic mass is 9.85. The highest BCUT2D eigenvalue weighted by Gasteiger charge is 2.22. The molecule has 0 bridgehead atoms. The molecule has 166 valence electrons. The zero-order valence-electron chi connectivity index (χ0n) is 19.5. The third-order valence-electron chi connectivity index (χ3n) is 5.63. The number of aromatic hydroxyl groups is 2. The first-order valence-corrected chi connectivity index (χ1v) is 10.7. The van der Waals surface area contributed by atoms with Gasteiger partial charge in [-0.3, -0.25) is 9.59 Å². The van der Waals surface area contributed by atoms with Crippen LogP contribution in [0.15, 0.2) is 60.7 Å². The van der Waals surface area contributed by atoms with E-state index in [4.69, 9.17) is 0 Å². The van der Waals surface area contributed by atoms with Crippen LogP contribution in [0.2, 0.25) is 0 Å². The first-order chi connectivity index (χ1) is 14.8. The molecule has 4 nitrogen and oxygen atoms in total. The Morgan fingerprint density at radius 2 is 0.875 bits per heavy atom. The van der Waals surface area contributed by atoms with Gasteiger partial charge in [0.15, 0.2) is 11.6 Å². The minimum absolute atomic E-state index is 0.0269. The van der Waals surface area contributed by atoms with Crippen molar-refractivity contribution in [2.45, 2.75) is 52.4 Å². The molecule has 2 N–H and O–H groups in total. The van der Waals surface area contributed by atoms with E-state index in [-0.39, 0.29) is 33.5 Å². The molecule has 0 fully saturated rings. The Hall–Kier alpha value is -3.40. The van der Waals surface area contributed by atoms with Gasteiger partial charge in [-0.2, -0.15) is 0 Å². The summed E-state index contributed by atoms with van der Waals surface area (Å²) in [6, 6.07) is 16.7. The summed E-state index contributed by atoms with van der Waals surface area (Å²) in [5.41, 5.74) is 2.80. The number of carbonyl (C=O) groups excluding carboxylic acids is 2. The molecule has 0 atom stereocenters. The Morgan fingerprint density at radius 3 is 1.16 bits per heavy atom. The Balaban J connectivity index is 1.97. The fourth-order valence-electron chi connectivity index (χ4n) is 3.50. The fraction of sp³-hybridized carbons (Fsp3) is 0.286. The minimum atomic E-state index is -0.417. The molecule has 0 radical (unpaired) electrons. The lowest BCUT2D eigenvalue weighted by molar-refractivity contribution is 0.103. The highest BCUT2D eigenvalue weighted by molar-refractivity contribution is 6.15. The Kier molecular flexibility index (Phi) is 6.01. The average Bonchev–Trinajstić information content (AvgIpc) is 2.72. The van der Waals surface area contributed by atoms with Crippen molar-refractivity contribution >= 4 is 11.6 Å². The maximum Gasteiger partial charge on any atom is 0.196 e. The van der Waals surface area contributed by atoms with Gasteiger partial charge in [0.25, 0.3) is 0 Å². The van der Waals surface area contributed by atoms with Gasteiger partial charge in [0, 0.05) is 17.2 Å². The van der Waals surface area contributed by atoms with Gasteiger partial charge in [0.05, 0.1) is 11.1 Å². The van der Waals surface area contributed by atoms with Crippen LogP contribution in [-0.2, 0) is 10.8 Å². The summed E-state index contributed by atoms with van der Waals surface area (Å²) >= 11 is 0. The van der Waals surface area contributed by atoms with E-state index >= 15 is 0 Å². The summed E-state index contributed by atoms with van der Waals surface area (Å²) in [4.78, 5) is 26.1. The maximum absolute atomic E-state index is 13.1. The van der Waals surface area contributed by atoms with Crippen LogP contribution in [0.4, 0.5) is 0 Å². The zero-order valence-corrected chi connectivity index (χ0v) is 19.5. The van der Waals surface area contributed by atoms with Gasteiger partial charge in [-0.1, -0.05) is 90.1 Å². The minimum Gasteiger partial charge on any atom is -0.507 e. The van der Waals surface area contributed by atoms with E-state index in [1.165, 1.54) is 6.07 Å². The molecule has 0 spiro atoms. The number of hydrogen-bond acceptors (Lipinski definition) is 4. The van der Waals surface area contributed by atoms with Gasteiger partial charge in [-0.15, -0.1) is 0 Å². The van der Waals surface area contributed by atoms with Crippen LogP contribution in [0.1, 0.15) is 84.5 Å². The SMILES string of the molecule is CC(C)(C)c1ccc(C(=O)c2cc(C(=O)c3ccc(C(C)(C)C)cc3)c(O)cc2O)cc1. The maximum atomic E-state index is 13.1. The predicted octanol–water partition coefficient (Wildman–Crippen LogP) is 6.15. The quantitative estimate of drug-likeness (QED) is 0.487. The van der Waals surface area contributed by atoms with Crippen LogP contribution in [-0.4, -0.2) is 21.8 Å². The van der Waals surface area contributed by atoms with E-state index in [1.807, 2.05) is 24.3 Å². The zero-order chi connectivity index (χ0) is 23.8. The highest BCUT2D eigenvalue weighted by Crippen LogP contribution is 2.32. The number of ketones is 2. The summed E-state index contributed by atoms with van der Waals surface area (Å²) < 4.78 is 0. The van der Waals surface area contributed by atoms with Crippen molar-refractivity contribution < 1.29 is 19.8 Å². The van der Waals surface area contributed by atoms with E-state index in [0.29, 0.717) is 11.1 Å². The molecule has 0 aliphatic heterocycles. The smallest absolute Gasteiger partial charge is 0.196 e. The number of benzene rings is 3. The molecule has 0 heterocycles. The molecule has 0 unspecified atom stereocenters. The second-order valence-corrected chi connectivity index (χ2v) is 10.2. The average molecular weight is 431 g/mol. The van der Waals surface area contributed by atoms with Crippen molar-refractivity contribution in [2.75, 3.05) is 0 Å². The highest BCUT2D eigenvalue weighted by atomic mass is 16.3. The lowest BCUT2D eigenvalue weighted by Crippen LogP contribution is -2.12. The molecule has 32 heavy (non-hydrogen) atoms. The van der Waals surface area contributed by atoms with Crippen LogP contribution in [0.5, 0.6) is 11.5 Å². The van der Waals surface area contributed by atoms with E-state index in [2.05, 4.69) is 41.5 Å². The molecule has 3 rings (SSSR count). The van der Waals surface area contributed by atoms with Gasteiger partial charge in [0.1, 0.15) is 11.5 Å². The number of carbonyl (C=O) groups is 2. The molecule has 3 aromatic rings. The summed E-state index contributed by atoms with van der Waals surface area (Å²) in [5, 5.41) is 20.6. The van der Waals surface area contributed by atoms with Gasteiger partial charge in [-0.25, -0.2) is 0 Å². The Morgan fingerprint density at radius 1 is 0.562 bits per heavy atom. The molecule has 0 saturated heterocycles. The van der Waals surface area contributed by atoms with Crippen molar-refractivity contribution in [1.29, 1.82) is 0 Å². The Bertz CT molecular complexity index is 1070. The second-order valence-electron chi connectivity index (χ2n) is 10.2. The second kappa shape index (κ2) is 8.27. The molecule has 4 heteroatoms. The first-order valence-electron chi connectivity index (χ1n) is 10.7. The molecule has 0 saturated carbocycles. The van der Waals surface area contributed by atoms with E-state index < -0.39 is 11.6 Å². The number of phenolic OH excluding ortho intramolecular Hbond substituents is 2. The van der Waals surface area contributed by atoms with Crippen LogP contribution in [0.3, 0.4) is 0 Å². The summed E-state index contributed by atoms with van der Waals surface area (Å²) in [6.07, 6.45) is 0. The predicted molar refractivity (Wildman–Crippen MR) is 127 cm³/mol. The number of phenols is 2. The van der Waals surface area contributed by atoms with E-state index in [1.54, 1.807) is 24.3 Å². The third kappa shape index (κ3) is 4.75. The number of hydrogen-bond donors (Lipinski definition) is 2. The van der Waals surface area contributed by atoms with Gasteiger partial charge in [-0.05, 0) is 28.0 Å². The molecule has 0 aliphatic carbocycles. The van der Waals surface area contributed by atoms with E-state index in [0.717, 1.165) is 17.2 Å². The van der Waals surface area contributed by atoms with Crippen LogP contribution in [0.25, 0.3) is 0 Å². The van der Waals surface area contributed by atoms with E-state index in [9.17, 15) is 19.8 Å². The topological polar surface area (TPSA) is 74.6 Å². The molecule has 0 amide bonds. The monoisotopic (exact) mass is 430 g/mol. The normalized spacial score (nSPS) is 11.9. The standard InChI is InChI=1S/C28H30O4/c1-27(2,3)19-11-7-17(8-12-19)25(31)21-15-22(24(30)16-23(21)29)26(32)18-9-13-20(14-10-18)28(4,5)6/h7-16,29-30H,1-6H3. The summed E-state index contributed by atoms with van der Waals surface area (Å²) in [7, 11) is 0. The molecule has 0 aromatic heterocycles. The first kappa shape index (κ1) is 23.3. The van der Waals surface area contributed by atoms with Crippen molar-refractivity contribution in [1.82, 2.24) is 0 Å².